The Morgan fingerprint density at radius 3 is 2.53 bits per heavy atom. The summed E-state index contributed by atoms with van der Waals surface area (Å²) in [6.45, 7) is 8.94. The van der Waals surface area contributed by atoms with Gasteiger partial charge in [-0.2, -0.15) is 0 Å². The summed E-state index contributed by atoms with van der Waals surface area (Å²) >= 11 is 5.58. The lowest BCUT2D eigenvalue weighted by Crippen LogP contribution is -2.44. The molecule has 0 bridgehead atoms. The second-order valence-electron chi connectivity index (χ2n) is 5.79. The van der Waals surface area contributed by atoms with E-state index in [0.717, 1.165) is 42.1 Å². The molecule has 1 fully saturated rings. The van der Waals surface area contributed by atoms with Gasteiger partial charge in [-0.1, -0.05) is 39.0 Å². The van der Waals surface area contributed by atoms with E-state index in [4.69, 9.17) is 12.2 Å². The maximum atomic E-state index is 5.58. The van der Waals surface area contributed by atoms with Crippen LogP contribution in [0.4, 0.5) is 5.69 Å². The number of anilines is 1. The molecule has 2 nitrogen and oxygen atoms in total. The molecular weight excluding hydrogens is 252 g/mol. The highest BCUT2D eigenvalue weighted by molar-refractivity contribution is 7.80. The maximum absolute atomic E-state index is 5.58. The van der Waals surface area contributed by atoms with E-state index in [2.05, 4.69) is 55.3 Å². The molecule has 0 aliphatic carbocycles. The predicted octanol–water partition coefficient (Wildman–Crippen LogP) is 3.92. The fourth-order valence-electron chi connectivity index (χ4n) is 2.97. The van der Waals surface area contributed by atoms with Gasteiger partial charge in [0, 0.05) is 18.8 Å². The lowest BCUT2D eigenvalue weighted by molar-refractivity contribution is 0.216. The quantitative estimate of drug-likeness (QED) is 0.824. The summed E-state index contributed by atoms with van der Waals surface area (Å²) in [5.74, 6) is 1.45. The largest absolute Gasteiger partial charge is 0.348 e. The average Bonchev–Trinajstić information content (AvgIpc) is 2.38. The number of piperidine rings is 1. The molecule has 1 aromatic rings. The summed E-state index contributed by atoms with van der Waals surface area (Å²) in [6.07, 6.45) is 2.34. The van der Waals surface area contributed by atoms with Gasteiger partial charge in [-0.15, -0.1) is 0 Å². The van der Waals surface area contributed by atoms with Crippen LogP contribution in [0.25, 0.3) is 0 Å². The summed E-state index contributed by atoms with van der Waals surface area (Å²) in [5.41, 5.74) is 2.48. The molecule has 19 heavy (non-hydrogen) atoms. The van der Waals surface area contributed by atoms with Crippen molar-refractivity contribution in [2.24, 2.45) is 11.8 Å². The van der Waals surface area contributed by atoms with E-state index in [-0.39, 0.29) is 0 Å². The van der Waals surface area contributed by atoms with E-state index >= 15 is 0 Å². The third-order valence-corrected chi connectivity index (χ3v) is 4.16. The first-order chi connectivity index (χ1) is 9.10. The van der Waals surface area contributed by atoms with Crippen LogP contribution >= 0.6 is 12.2 Å². The van der Waals surface area contributed by atoms with Crippen LogP contribution in [0.15, 0.2) is 24.3 Å². The minimum atomic E-state index is 0.727. The molecule has 2 unspecified atom stereocenters. The molecule has 0 saturated carbocycles. The third kappa shape index (κ3) is 3.69. The second kappa shape index (κ2) is 6.38. The van der Waals surface area contributed by atoms with E-state index in [1.54, 1.807) is 0 Å². The summed E-state index contributed by atoms with van der Waals surface area (Å²) in [4.78, 5) is 2.32. The zero-order valence-electron chi connectivity index (χ0n) is 12.1. The molecule has 1 saturated heterocycles. The fourth-order valence-corrected chi connectivity index (χ4v) is 3.23. The van der Waals surface area contributed by atoms with Crippen molar-refractivity contribution in [3.63, 3.8) is 0 Å². The van der Waals surface area contributed by atoms with Gasteiger partial charge in [0.05, 0.1) is 0 Å². The van der Waals surface area contributed by atoms with Crippen molar-refractivity contribution in [2.45, 2.75) is 33.6 Å². The predicted molar refractivity (Wildman–Crippen MR) is 86.6 cm³/mol. The number of nitrogens with one attached hydrogen (secondary N) is 1. The molecule has 1 aliphatic heterocycles. The number of nitrogens with zero attached hydrogens (tertiary/aromatic N) is 1. The normalized spacial score (nSPS) is 23.2. The van der Waals surface area contributed by atoms with Crippen molar-refractivity contribution in [3.05, 3.63) is 29.8 Å². The molecule has 1 heterocycles. The summed E-state index contributed by atoms with van der Waals surface area (Å²) in [7, 11) is 0. The highest BCUT2D eigenvalue weighted by atomic mass is 32.1. The van der Waals surface area contributed by atoms with Crippen LogP contribution in [-0.4, -0.2) is 23.1 Å². The number of rotatable bonds is 2. The van der Waals surface area contributed by atoms with Crippen molar-refractivity contribution in [3.8, 4) is 0 Å². The number of aryl methyl sites for hydroxylation is 1. The van der Waals surface area contributed by atoms with Crippen LogP contribution in [0, 0.1) is 11.8 Å². The number of benzene rings is 1. The van der Waals surface area contributed by atoms with Crippen molar-refractivity contribution in [1.82, 2.24) is 4.90 Å². The first-order valence-corrected chi connectivity index (χ1v) is 7.64. The summed E-state index contributed by atoms with van der Waals surface area (Å²) in [5, 5.41) is 4.30. The van der Waals surface area contributed by atoms with Gasteiger partial charge in [-0.3, -0.25) is 0 Å². The van der Waals surface area contributed by atoms with Gasteiger partial charge in [0.15, 0.2) is 5.11 Å². The summed E-state index contributed by atoms with van der Waals surface area (Å²) in [6, 6.07) is 8.41. The van der Waals surface area contributed by atoms with Crippen LogP contribution in [0.2, 0.25) is 0 Å². The number of likely N-dealkylation sites (tertiary alicyclic amines) is 1. The standard InChI is InChI=1S/C16H24N2S/c1-4-14-7-5-6-8-15(14)17-16(19)18-10-12(2)9-13(3)11-18/h5-8,12-13H,4,9-11H2,1-3H3,(H,17,19). The lowest BCUT2D eigenvalue weighted by Gasteiger charge is -2.36. The second-order valence-corrected chi connectivity index (χ2v) is 6.18. The Hall–Kier alpha value is -1.09. The van der Waals surface area contributed by atoms with Crippen LogP contribution in [0.5, 0.6) is 0 Å². The SMILES string of the molecule is CCc1ccccc1NC(=S)N1CC(C)CC(C)C1. The monoisotopic (exact) mass is 276 g/mol. The molecular formula is C16H24N2S. The first kappa shape index (κ1) is 14.3. The highest BCUT2D eigenvalue weighted by Gasteiger charge is 2.23. The number of hydrogen-bond acceptors (Lipinski definition) is 1. The van der Waals surface area contributed by atoms with E-state index < -0.39 is 0 Å². The molecule has 0 spiro atoms. The van der Waals surface area contributed by atoms with E-state index in [1.165, 1.54) is 12.0 Å². The average molecular weight is 276 g/mol. The lowest BCUT2D eigenvalue weighted by atomic mass is 9.92. The van der Waals surface area contributed by atoms with Gasteiger partial charge in [0.25, 0.3) is 0 Å². The Labute approximate surface area is 122 Å². The zero-order chi connectivity index (χ0) is 13.8. The van der Waals surface area contributed by atoms with Gasteiger partial charge in [-0.25, -0.2) is 0 Å². The number of thiocarbonyl (C=S) groups is 1. The molecule has 0 radical (unpaired) electrons. The van der Waals surface area contributed by atoms with Gasteiger partial charge in [-0.05, 0) is 48.5 Å². The Morgan fingerprint density at radius 1 is 1.26 bits per heavy atom. The molecule has 2 rings (SSSR count). The van der Waals surface area contributed by atoms with Crippen molar-refractivity contribution in [1.29, 1.82) is 0 Å². The molecule has 1 aromatic carbocycles. The van der Waals surface area contributed by atoms with E-state index in [0.29, 0.717) is 0 Å². The van der Waals surface area contributed by atoms with Crippen molar-refractivity contribution >= 4 is 23.0 Å². The van der Waals surface area contributed by atoms with E-state index in [9.17, 15) is 0 Å². The smallest absolute Gasteiger partial charge is 0.173 e. The van der Waals surface area contributed by atoms with Crippen LogP contribution in [0.1, 0.15) is 32.8 Å². The molecule has 104 valence electrons. The minimum absolute atomic E-state index is 0.727. The van der Waals surface area contributed by atoms with Crippen LogP contribution in [0.3, 0.4) is 0 Å². The Bertz CT molecular complexity index is 434. The highest BCUT2D eigenvalue weighted by Crippen LogP contribution is 2.22. The fraction of sp³-hybridized carbons (Fsp3) is 0.562. The molecule has 1 aliphatic rings. The van der Waals surface area contributed by atoms with E-state index in [1.807, 2.05) is 0 Å². The topological polar surface area (TPSA) is 15.3 Å². The number of para-hydroxylation sites is 1. The Balaban J connectivity index is 2.04. The third-order valence-electron chi connectivity index (χ3n) is 3.80. The summed E-state index contributed by atoms with van der Waals surface area (Å²) < 4.78 is 0. The number of hydrogen-bond donors (Lipinski definition) is 1. The van der Waals surface area contributed by atoms with Crippen LogP contribution < -0.4 is 5.32 Å². The Kier molecular flexibility index (Phi) is 4.81. The van der Waals surface area contributed by atoms with Crippen molar-refractivity contribution in [2.75, 3.05) is 18.4 Å². The van der Waals surface area contributed by atoms with Gasteiger partial charge in [0.2, 0.25) is 0 Å². The Morgan fingerprint density at radius 2 is 1.89 bits per heavy atom. The molecule has 2 atom stereocenters. The maximum Gasteiger partial charge on any atom is 0.173 e. The molecule has 0 amide bonds. The van der Waals surface area contributed by atoms with Gasteiger partial charge >= 0.3 is 0 Å². The van der Waals surface area contributed by atoms with Gasteiger partial charge < -0.3 is 10.2 Å². The molecule has 3 heteroatoms. The van der Waals surface area contributed by atoms with Gasteiger partial charge in [0.1, 0.15) is 0 Å². The van der Waals surface area contributed by atoms with Crippen LogP contribution in [-0.2, 0) is 6.42 Å². The van der Waals surface area contributed by atoms with Crippen molar-refractivity contribution < 1.29 is 0 Å². The minimum Gasteiger partial charge on any atom is -0.348 e. The molecule has 1 N–H and O–H groups in total. The first-order valence-electron chi connectivity index (χ1n) is 7.24. The zero-order valence-corrected chi connectivity index (χ0v) is 13.0. The molecule has 0 aromatic heterocycles.